The molecule has 0 radical (unpaired) electrons. The maximum atomic E-state index is 2.34. The average Bonchev–Trinajstić information content (AvgIpc) is 2.04. The number of hydrogen-bond acceptors (Lipinski definition) is 1. The van der Waals surface area contributed by atoms with Gasteiger partial charge >= 0.3 is 0 Å². The molecule has 0 saturated carbocycles. The molecule has 1 rings (SSSR count). The van der Waals surface area contributed by atoms with E-state index in [1.165, 1.54) is 5.57 Å². The van der Waals surface area contributed by atoms with Gasteiger partial charge in [-0.3, -0.25) is 0 Å². The van der Waals surface area contributed by atoms with Crippen LogP contribution < -0.4 is 0 Å². The normalized spacial score (nSPS) is 23.7. The fourth-order valence-electron chi connectivity index (χ4n) is 1.42. The molecule has 1 heterocycles. The Kier molecular flexibility index (Phi) is 2.75. The fraction of sp³-hybridized carbons (Fsp3) is 0.600. The summed E-state index contributed by atoms with van der Waals surface area (Å²) in [5.74, 6) is 0. The molecule has 0 aliphatic carbocycles. The molecule has 1 heteroatoms. The number of hydrogen-bond donors (Lipinski definition) is 0. The van der Waals surface area contributed by atoms with E-state index in [4.69, 9.17) is 0 Å². The maximum absolute atomic E-state index is 2.34. The van der Waals surface area contributed by atoms with Gasteiger partial charge in [-0.25, -0.2) is 0 Å². The van der Waals surface area contributed by atoms with Crippen molar-refractivity contribution in [3.63, 3.8) is 0 Å². The van der Waals surface area contributed by atoms with E-state index in [-0.39, 0.29) is 0 Å². The Labute approximate surface area is 69.4 Å². The van der Waals surface area contributed by atoms with Gasteiger partial charge in [0.15, 0.2) is 0 Å². The first-order valence-corrected chi connectivity index (χ1v) is 4.42. The molecule has 0 amide bonds. The van der Waals surface area contributed by atoms with Crippen LogP contribution in [0, 0.1) is 0 Å². The predicted octanol–water partition coefficient (Wildman–Crippen LogP) is 2.56. The van der Waals surface area contributed by atoms with Gasteiger partial charge in [-0.05, 0) is 38.1 Å². The molecule has 0 aromatic carbocycles. The Morgan fingerprint density at radius 2 is 2.18 bits per heavy atom. The molecule has 1 unspecified atom stereocenters. The summed E-state index contributed by atoms with van der Waals surface area (Å²) in [6.45, 7) is 7.73. The Morgan fingerprint density at radius 3 is 2.64 bits per heavy atom. The van der Waals surface area contributed by atoms with Crippen LogP contribution in [0.2, 0.25) is 0 Å². The van der Waals surface area contributed by atoms with E-state index in [0.29, 0.717) is 6.04 Å². The summed E-state index contributed by atoms with van der Waals surface area (Å²) in [6.07, 6.45) is 7.90. The lowest BCUT2D eigenvalue weighted by molar-refractivity contribution is 0.348. The van der Waals surface area contributed by atoms with Gasteiger partial charge in [0.1, 0.15) is 0 Å². The summed E-state index contributed by atoms with van der Waals surface area (Å²) in [5.41, 5.74) is 1.46. The van der Waals surface area contributed by atoms with E-state index in [9.17, 15) is 0 Å². The van der Waals surface area contributed by atoms with Crippen molar-refractivity contribution in [2.45, 2.75) is 33.2 Å². The first-order valence-electron chi connectivity index (χ1n) is 4.42. The Balaban J connectivity index is 2.63. The molecule has 0 aromatic rings. The molecule has 1 aliphatic heterocycles. The largest absolute Gasteiger partial charge is 0.372 e. The molecule has 62 valence electrons. The molecule has 11 heavy (non-hydrogen) atoms. The lowest BCUT2D eigenvalue weighted by atomic mass is 10.1. The van der Waals surface area contributed by atoms with Gasteiger partial charge in [-0.1, -0.05) is 13.0 Å². The summed E-state index contributed by atoms with van der Waals surface area (Å²) < 4.78 is 0. The molecule has 0 spiro atoms. The van der Waals surface area contributed by atoms with Crippen molar-refractivity contribution in [3.05, 3.63) is 23.9 Å². The minimum atomic E-state index is 0.583. The number of nitrogens with zero attached hydrogens (tertiary/aromatic N) is 1. The standard InChI is InChI=1S/C10H17N/c1-4-10-6-7-11(5-2)9(3)8-10/h6-9H,4-5H2,1-3H3. The zero-order valence-electron chi connectivity index (χ0n) is 7.67. The number of likely N-dealkylation sites (N-methyl/N-ethyl adjacent to an activating group) is 1. The highest BCUT2D eigenvalue weighted by Gasteiger charge is 2.08. The predicted molar refractivity (Wildman–Crippen MR) is 49.4 cm³/mol. The third kappa shape index (κ3) is 1.86. The highest BCUT2D eigenvalue weighted by molar-refractivity contribution is 5.24. The van der Waals surface area contributed by atoms with Crippen LogP contribution in [0.25, 0.3) is 0 Å². The lowest BCUT2D eigenvalue weighted by Crippen LogP contribution is -2.28. The molecular formula is C10H17N. The van der Waals surface area contributed by atoms with Gasteiger partial charge < -0.3 is 4.90 Å². The van der Waals surface area contributed by atoms with Gasteiger partial charge in [0.25, 0.3) is 0 Å². The van der Waals surface area contributed by atoms with E-state index in [1.807, 2.05) is 0 Å². The van der Waals surface area contributed by atoms with Crippen molar-refractivity contribution in [2.75, 3.05) is 6.54 Å². The van der Waals surface area contributed by atoms with E-state index in [2.05, 4.69) is 44.0 Å². The Bertz CT molecular complexity index is 179. The SMILES string of the molecule is CCC1=CC(C)N(CC)C=C1. The Hall–Kier alpha value is -0.720. The van der Waals surface area contributed by atoms with Crippen LogP contribution in [-0.4, -0.2) is 17.5 Å². The first-order chi connectivity index (χ1) is 5.27. The Morgan fingerprint density at radius 1 is 1.45 bits per heavy atom. The van der Waals surface area contributed by atoms with Gasteiger partial charge in [-0.2, -0.15) is 0 Å². The van der Waals surface area contributed by atoms with Gasteiger partial charge in [-0.15, -0.1) is 0 Å². The van der Waals surface area contributed by atoms with Crippen LogP contribution >= 0.6 is 0 Å². The van der Waals surface area contributed by atoms with Crippen molar-refractivity contribution in [2.24, 2.45) is 0 Å². The van der Waals surface area contributed by atoms with Crippen molar-refractivity contribution in [3.8, 4) is 0 Å². The molecule has 0 bridgehead atoms. The number of rotatable bonds is 2. The van der Waals surface area contributed by atoms with Crippen LogP contribution in [0.1, 0.15) is 27.2 Å². The zero-order valence-corrected chi connectivity index (χ0v) is 7.67. The van der Waals surface area contributed by atoms with Crippen molar-refractivity contribution < 1.29 is 0 Å². The minimum Gasteiger partial charge on any atom is -0.372 e. The topological polar surface area (TPSA) is 3.24 Å². The third-order valence-electron chi connectivity index (χ3n) is 2.23. The van der Waals surface area contributed by atoms with Crippen LogP contribution in [-0.2, 0) is 0 Å². The van der Waals surface area contributed by atoms with Crippen molar-refractivity contribution in [1.29, 1.82) is 0 Å². The molecule has 0 N–H and O–H groups in total. The average molecular weight is 151 g/mol. The van der Waals surface area contributed by atoms with Gasteiger partial charge in [0.2, 0.25) is 0 Å². The highest BCUT2D eigenvalue weighted by atomic mass is 15.1. The molecule has 0 aromatic heterocycles. The molecule has 0 saturated heterocycles. The summed E-state index contributed by atoms with van der Waals surface area (Å²) >= 11 is 0. The minimum absolute atomic E-state index is 0.583. The quantitative estimate of drug-likeness (QED) is 0.586. The van der Waals surface area contributed by atoms with E-state index < -0.39 is 0 Å². The van der Waals surface area contributed by atoms with Crippen molar-refractivity contribution in [1.82, 2.24) is 4.90 Å². The monoisotopic (exact) mass is 151 g/mol. The summed E-state index contributed by atoms with van der Waals surface area (Å²) in [7, 11) is 0. The summed E-state index contributed by atoms with van der Waals surface area (Å²) in [4.78, 5) is 2.33. The van der Waals surface area contributed by atoms with E-state index >= 15 is 0 Å². The van der Waals surface area contributed by atoms with Gasteiger partial charge in [0, 0.05) is 12.6 Å². The fourth-order valence-corrected chi connectivity index (χ4v) is 1.42. The lowest BCUT2D eigenvalue weighted by Gasteiger charge is -2.27. The summed E-state index contributed by atoms with van der Waals surface area (Å²) in [6, 6.07) is 0.583. The number of allylic oxidation sites excluding steroid dienone is 2. The van der Waals surface area contributed by atoms with Crippen LogP contribution in [0.15, 0.2) is 23.9 Å². The smallest absolute Gasteiger partial charge is 0.0444 e. The maximum Gasteiger partial charge on any atom is 0.0444 e. The molecule has 0 fully saturated rings. The van der Waals surface area contributed by atoms with Crippen molar-refractivity contribution >= 4 is 0 Å². The second-order valence-corrected chi connectivity index (χ2v) is 2.98. The van der Waals surface area contributed by atoms with E-state index in [1.54, 1.807) is 0 Å². The summed E-state index contributed by atoms with van der Waals surface area (Å²) in [5, 5.41) is 0. The third-order valence-corrected chi connectivity index (χ3v) is 2.23. The molecule has 1 atom stereocenters. The van der Waals surface area contributed by atoms with Crippen LogP contribution in [0.3, 0.4) is 0 Å². The first kappa shape index (κ1) is 8.38. The second kappa shape index (κ2) is 3.61. The van der Waals surface area contributed by atoms with Crippen LogP contribution in [0.4, 0.5) is 0 Å². The molecule has 1 aliphatic rings. The molecular weight excluding hydrogens is 134 g/mol. The molecule has 1 nitrogen and oxygen atoms in total. The van der Waals surface area contributed by atoms with E-state index in [0.717, 1.165) is 13.0 Å². The van der Waals surface area contributed by atoms with Gasteiger partial charge in [0.05, 0.1) is 0 Å². The highest BCUT2D eigenvalue weighted by Crippen LogP contribution is 2.14. The zero-order chi connectivity index (χ0) is 8.27. The van der Waals surface area contributed by atoms with Crippen LogP contribution in [0.5, 0.6) is 0 Å². The second-order valence-electron chi connectivity index (χ2n) is 2.98.